The van der Waals surface area contributed by atoms with Gasteiger partial charge in [0.1, 0.15) is 58.2 Å². The number of para-hydroxylation sites is 2. The summed E-state index contributed by atoms with van der Waals surface area (Å²) < 4.78 is 177. The van der Waals surface area contributed by atoms with E-state index in [2.05, 4.69) is 21.2 Å². The highest BCUT2D eigenvalue weighted by molar-refractivity contribution is 7.49. The van der Waals surface area contributed by atoms with Gasteiger partial charge in [0.05, 0.1) is 35.5 Å². The Balaban J connectivity index is 0.000000104. The van der Waals surface area contributed by atoms with Crippen molar-refractivity contribution < 1.29 is 148 Å². The van der Waals surface area contributed by atoms with Gasteiger partial charge in [-0.3, -0.25) is 46.7 Å². The molecule has 32 nitrogen and oxygen atoms in total. The Morgan fingerprint density at radius 2 is 0.672 bits per heavy atom. The second kappa shape index (κ2) is 40.0. The predicted molar refractivity (Wildman–Crippen MR) is 506 cm³/mol. The number of rotatable bonds is 4. The van der Waals surface area contributed by atoms with Crippen LogP contribution in [0, 0.1) is 23.7 Å². The number of allylic oxidation sites excluding steroid dienone is 3. The second-order valence-electron chi connectivity index (χ2n) is 35.1. The van der Waals surface area contributed by atoms with E-state index in [4.69, 9.17) is 78.1 Å². The van der Waals surface area contributed by atoms with Crippen LogP contribution in [0.2, 0.25) is 0 Å². The highest BCUT2D eigenvalue weighted by Crippen LogP contribution is 2.67. The lowest BCUT2D eigenvalue weighted by molar-refractivity contribution is 0.0324. The molecular formula is C98H101O32P7. The first kappa shape index (κ1) is 96.0. The summed E-state index contributed by atoms with van der Waals surface area (Å²) in [4.78, 5) is 67.7. The van der Waals surface area contributed by atoms with Crippen molar-refractivity contribution in [1.82, 2.24) is 0 Å². The van der Waals surface area contributed by atoms with Gasteiger partial charge in [0.2, 0.25) is 13.6 Å². The minimum Gasteiger partial charge on any atom is -0.454 e. The molecule has 14 aliphatic rings. The summed E-state index contributed by atoms with van der Waals surface area (Å²) >= 11 is 0. The summed E-state index contributed by atoms with van der Waals surface area (Å²) in [5.41, 5.74) is 10.4. The summed E-state index contributed by atoms with van der Waals surface area (Å²) in [6, 6.07) is 65.9. The van der Waals surface area contributed by atoms with Gasteiger partial charge < -0.3 is 69.8 Å². The molecule has 3 saturated carbocycles. The van der Waals surface area contributed by atoms with E-state index in [-0.39, 0.29) is 49.5 Å². The van der Waals surface area contributed by atoms with E-state index in [0.717, 1.165) is 117 Å². The predicted octanol–water partition coefficient (Wildman–Crippen LogP) is 25.2. The summed E-state index contributed by atoms with van der Waals surface area (Å²) in [5.74, 6) is 6.26. The van der Waals surface area contributed by atoms with Crippen molar-refractivity contribution in [3.05, 3.63) is 264 Å². The second-order valence-corrected chi connectivity index (χ2v) is 44.4. The van der Waals surface area contributed by atoms with Crippen molar-refractivity contribution in [3.63, 3.8) is 0 Å². The number of aryl methyl sites for hydroxylation is 1. The van der Waals surface area contributed by atoms with Gasteiger partial charge in [-0.1, -0.05) is 221 Å². The number of fused-ring (bicyclic) bond motifs is 23. The maximum absolute atomic E-state index is 12.4. The fraction of sp³-hybridized carbons (Fsp3) is 0.327. The third-order valence-corrected chi connectivity index (χ3v) is 32.7. The zero-order chi connectivity index (χ0) is 95.2. The van der Waals surface area contributed by atoms with E-state index >= 15 is 0 Å². The molecule has 39 heteroatoms. The molecule has 9 unspecified atom stereocenters. The van der Waals surface area contributed by atoms with E-state index in [9.17, 15) is 61.3 Å². The Labute approximate surface area is 789 Å². The van der Waals surface area contributed by atoms with Crippen molar-refractivity contribution in [2.75, 3.05) is 13.6 Å². The van der Waals surface area contributed by atoms with Gasteiger partial charge in [0.25, 0.3) is 0 Å². The Morgan fingerprint density at radius 1 is 0.299 bits per heavy atom. The Bertz CT molecular complexity index is 6500. The number of phosphoric ester groups is 7. The number of benzene rings is 11. The number of ether oxygens (including phenoxy) is 4. The molecule has 0 amide bonds. The molecule has 11 aromatic rings. The minimum atomic E-state index is -4.34. The van der Waals surface area contributed by atoms with E-state index < -0.39 is 67.0 Å². The molecule has 7 N–H and O–H groups in total. The van der Waals surface area contributed by atoms with Crippen LogP contribution in [0.5, 0.6) is 63.2 Å². The van der Waals surface area contributed by atoms with Crippen molar-refractivity contribution in [2.45, 2.75) is 166 Å². The molecule has 137 heavy (non-hydrogen) atoms. The van der Waals surface area contributed by atoms with Gasteiger partial charge in [-0.15, -0.1) is 0 Å². The van der Waals surface area contributed by atoms with Gasteiger partial charge in [-0.05, 0) is 206 Å². The third-order valence-electron chi connectivity index (χ3n) is 26.1. The summed E-state index contributed by atoms with van der Waals surface area (Å²) in [7, 11) is -28.3. The fourth-order valence-corrected chi connectivity index (χ4v) is 26.9. The highest BCUT2D eigenvalue weighted by Gasteiger charge is 2.52. The molecule has 25 rings (SSSR count). The first-order valence-corrected chi connectivity index (χ1v) is 56.0. The van der Waals surface area contributed by atoms with Crippen molar-refractivity contribution in [1.29, 1.82) is 0 Å². The minimum absolute atomic E-state index is 0.0468. The normalized spacial score (nSPS) is 27.3. The first-order chi connectivity index (χ1) is 65.9. The molecule has 0 radical (unpaired) electrons. The van der Waals surface area contributed by atoms with Crippen LogP contribution >= 0.6 is 54.8 Å². The molecule has 0 spiro atoms. The molecule has 720 valence electrons. The zero-order valence-electron chi connectivity index (χ0n) is 74.3. The first-order valence-electron chi connectivity index (χ1n) is 45.6. The molecule has 6 fully saturated rings. The number of hydrogen-bond donors (Lipinski definition) is 7. The van der Waals surface area contributed by atoms with E-state index in [0.29, 0.717) is 92.3 Å². The van der Waals surface area contributed by atoms with Gasteiger partial charge >= 0.3 is 54.8 Å². The van der Waals surface area contributed by atoms with E-state index in [1.165, 1.54) is 87.5 Å². The summed E-state index contributed by atoms with van der Waals surface area (Å²) in [6.45, 7) is 3.48. The smallest absolute Gasteiger partial charge is 0.454 e. The zero-order valence-corrected chi connectivity index (χ0v) is 80.6. The van der Waals surface area contributed by atoms with Crippen LogP contribution in [-0.4, -0.2) is 72.3 Å². The largest absolute Gasteiger partial charge is 0.584 e. The van der Waals surface area contributed by atoms with Crippen molar-refractivity contribution >= 4 is 81.9 Å². The molecule has 3 saturated heterocycles. The monoisotopic (exact) mass is 2010 g/mol. The maximum Gasteiger partial charge on any atom is 0.584 e. The van der Waals surface area contributed by atoms with Gasteiger partial charge in [-0.2, -0.15) is 0 Å². The standard InChI is InChI=1S/C20H23O4P.C20H13O4P.C14H9O8P.C14H25O4P.C14H13O4P.C12H9O4P.C4H9O4P/c2*21-25(22)23-17-11-9-13-5-1-3-7-15(13)19(17)20-16-8-4-2-6-14(16)10-12-18(20)24-25;15-23(16)21-7-1-3-9-13(19-5-17-9)11(7)12-8(22-23)2-4-10-14(12)20-6-18-10;2*15-19(16)17-13(11-7-3-1-4-8-11)14(18-19)12-9-5-2-6-10-12;13-17(14)15-11-7-3-1-5-9(11)10-6-2-4-8-12(10)16-17;1-3-4(2)8-9(5,6)7-3/h9-13,15H,1-8H2,(H,21,22);1-12H,(H,21,22);1-4H,5-6H2,(H,15,16);11-14H,1-10H2,(H,15,16);1-10,13-14H,(H,15,16);1-8H,(H,13,14);3-4H,1-2H3,(H,5,6). The molecule has 9 aliphatic heterocycles. The molecule has 9 atom stereocenters. The lowest BCUT2D eigenvalue weighted by Crippen LogP contribution is -2.38. The SMILES string of the molecule is CC1OP(=O)(O)OC1C.O=P1(O)OC(C2CCCCC2)C(C2CCCCC2)O1.O=P1(O)OC(c2ccccc2)C(c2ccccc2)O1.O=P1(O)OC2=C(c3c(ccc4c3CCCC4)O1)C1CCCCC1C=C2.O=P1(O)Oc2ccc3c(c2-c2c(ccc4c2OCO4)O1)OCO3.O=P1(O)Oc2ccc3ccccc3c2-c2c(ccc3ccccc23)O1.O=P1(O)Oc2ccccc2-c2ccccc2O1. The number of hydrogen-bond acceptors (Lipinski definition) is 25. The molecule has 0 aromatic heterocycles. The molecule has 9 heterocycles. The van der Waals surface area contributed by atoms with Gasteiger partial charge in [0.15, 0.2) is 23.0 Å². The van der Waals surface area contributed by atoms with Crippen LogP contribution in [0.3, 0.4) is 0 Å². The molecule has 11 aromatic carbocycles. The maximum atomic E-state index is 12.4. The van der Waals surface area contributed by atoms with Gasteiger partial charge in [0, 0.05) is 33.4 Å². The summed E-state index contributed by atoms with van der Waals surface area (Å²) in [6.07, 6.45) is 23.2. The van der Waals surface area contributed by atoms with Crippen molar-refractivity contribution in [3.8, 4) is 96.6 Å². The quantitative estimate of drug-likeness (QED) is 0.0805. The third kappa shape index (κ3) is 21.6. The van der Waals surface area contributed by atoms with Crippen LogP contribution in [0.4, 0.5) is 0 Å². The van der Waals surface area contributed by atoms with Crippen LogP contribution in [0.15, 0.2) is 236 Å². The fourth-order valence-electron chi connectivity index (χ4n) is 20.0. The average Bonchev–Trinajstić information content (AvgIpc) is 1.36. The lowest BCUT2D eigenvalue weighted by Gasteiger charge is -2.35. The molecule has 0 bridgehead atoms. The average molecular weight is 2010 g/mol. The summed E-state index contributed by atoms with van der Waals surface area (Å²) in [5, 5.41) is 3.95. The molecular weight excluding hydrogens is 1910 g/mol. The highest BCUT2D eigenvalue weighted by atomic mass is 31.2. The van der Waals surface area contributed by atoms with Crippen LogP contribution in [0.25, 0.3) is 60.5 Å². The van der Waals surface area contributed by atoms with Gasteiger partial charge in [-0.25, -0.2) is 32.0 Å². The number of phosphoric acid groups is 7. The van der Waals surface area contributed by atoms with Crippen LogP contribution < -0.4 is 50.6 Å². The van der Waals surface area contributed by atoms with E-state index in [1.54, 1.807) is 62.4 Å². The lowest BCUT2D eigenvalue weighted by atomic mass is 9.69. The molecule has 5 aliphatic carbocycles. The Kier molecular flexibility index (Phi) is 28.0. The Morgan fingerprint density at radius 3 is 1.15 bits per heavy atom. The van der Waals surface area contributed by atoms with Crippen molar-refractivity contribution in [2.24, 2.45) is 23.7 Å². The Hall–Kier alpha value is -9.89. The van der Waals surface area contributed by atoms with E-state index in [1.807, 2.05) is 158 Å². The van der Waals surface area contributed by atoms with Crippen LogP contribution in [-0.2, 0) is 76.5 Å². The topological polar surface area (TPSA) is 427 Å². The van der Waals surface area contributed by atoms with Crippen LogP contribution in [0.1, 0.15) is 157 Å².